The molecule has 1 aliphatic carbocycles. The van der Waals surface area contributed by atoms with Crippen molar-refractivity contribution in [2.24, 2.45) is 11.7 Å². The third-order valence-electron chi connectivity index (χ3n) is 4.70. The Morgan fingerprint density at radius 2 is 1.71 bits per heavy atom. The van der Waals surface area contributed by atoms with Crippen molar-refractivity contribution in [2.75, 3.05) is 7.11 Å². The summed E-state index contributed by atoms with van der Waals surface area (Å²) in [4.78, 5) is 0. The fourth-order valence-electron chi connectivity index (χ4n) is 3.22. The van der Waals surface area contributed by atoms with Gasteiger partial charge in [0.05, 0.1) is 17.7 Å². The number of nitrogens with two attached hydrogens (primary N) is 1. The van der Waals surface area contributed by atoms with Gasteiger partial charge in [0.1, 0.15) is 5.75 Å². The van der Waals surface area contributed by atoms with E-state index in [1.54, 1.807) is 7.11 Å². The van der Waals surface area contributed by atoms with Gasteiger partial charge in [-0.05, 0) is 63.1 Å². The summed E-state index contributed by atoms with van der Waals surface area (Å²) in [5, 5.41) is 0. The molecule has 1 aliphatic rings. The molecule has 2 N–H and O–H groups in total. The molecule has 1 saturated carbocycles. The van der Waals surface area contributed by atoms with Gasteiger partial charge < -0.3 is 15.2 Å². The third-order valence-corrected chi connectivity index (χ3v) is 4.70. The van der Waals surface area contributed by atoms with Gasteiger partial charge in [-0.2, -0.15) is 0 Å². The summed E-state index contributed by atoms with van der Waals surface area (Å²) >= 11 is 0. The van der Waals surface area contributed by atoms with Crippen LogP contribution in [0.3, 0.4) is 0 Å². The zero-order valence-electron chi connectivity index (χ0n) is 13.8. The van der Waals surface area contributed by atoms with Crippen LogP contribution in [-0.2, 0) is 4.74 Å². The van der Waals surface area contributed by atoms with Gasteiger partial charge in [-0.1, -0.05) is 19.1 Å². The van der Waals surface area contributed by atoms with E-state index in [1.165, 1.54) is 12.8 Å². The number of ether oxygens (including phenoxy) is 2. The predicted octanol–water partition coefficient (Wildman–Crippen LogP) is 4.07. The monoisotopic (exact) mass is 291 g/mol. The molecule has 0 aromatic heterocycles. The molecule has 1 fully saturated rings. The summed E-state index contributed by atoms with van der Waals surface area (Å²) in [6, 6.07) is 8.07. The largest absolute Gasteiger partial charge is 0.491 e. The first-order valence-corrected chi connectivity index (χ1v) is 8.04. The first kappa shape index (κ1) is 16.3. The second-order valence-corrected chi connectivity index (χ2v) is 6.66. The molecule has 2 rings (SSSR count). The van der Waals surface area contributed by atoms with Gasteiger partial charge in [-0.25, -0.2) is 0 Å². The van der Waals surface area contributed by atoms with Crippen LogP contribution in [-0.4, -0.2) is 18.8 Å². The van der Waals surface area contributed by atoms with Crippen LogP contribution in [0.15, 0.2) is 24.3 Å². The normalized spacial score (nSPS) is 27.6. The van der Waals surface area contributed by atoms with Crippen molar-refractivity contribution in [1.82, 2.24) is 0 Å². The maximum Gasteiger partial charge on any atom is 0.119 e. The smallest absolute Gasteiger partial charge is 0.119 e. The first-order chi connectivity index (χ1) is 9.97. The van der Waals surface area contributed by atoms with E-state index in [1.807, 2.05) is 26.0 Å². The summed E-state index contributed by atoms with van der Waals surface area (Å²) in [5.74, 6) is 1.67. The third kappa shape index (κ3) is 3.78. The number of hydrogen-bond donors (Lipinski definition) is 1. The maximum atomic E-state index is 6.55. The Balaban J connectivity index is 2.12. The van der Waals surface area contributed by atoms with Crippen molar-refractivity contribution in [3.8, 4) is 5.75 Å². The summed E-state index contributed by atoms with van der Waals surface area (Å²) in [5.41, 5.74) is 7.46. The highest BCUT2D eigenvalue weighted by atomic mass is 16.5. The highest BCUT2D eigenvalue weighted by molar-refractivity contribution is 5.31. The van der Waals surface area contributed by atoms with E-state index in [0.29, 0.717) is 0 Å². The van der Waals surface area contributed by atoms with Crippen molar-refractivity contribution in [1.29, 1.82) is 0 Å². The molecule has 0 saturated heterocycles. The van der Waals surface area contributed by atoms with Gasteiger partial charge in [-0.3, -0.25) is 0 Å². The minimum Gasteiger partial charge on any atom is -0.491 e. The van der Waals surface area contributed by atoms with E-state index in [-0.39, 0.29) is 17.7 Å². The van der Waals surface area contributed by atoms with Crippen molar-refractivity contribution < 1.29 is 9.47 Å². The van der Waals surface area contributed by atoms with Crippen LogP contribution >= 0.6 is 0 Å². The average Bonchev–Trinajstić information content (AvgIpc) is 2.48. The average molecular weight is 291 g/mol. The zero-order chi connectivity index (χ0) is 15.5. The topological polar surface area (TPSA) is 44.5 Å². The predicted molar refractivity (Wildman–Crippen MR) is 86.5 cm³/mol. The number of hydrogen-bond acceptors (Lipinski definition) is 3. The fraction of sp³-hybridized carbons (Fsp3) is 0.667. The molecule has 0 heterocycles. The molecule has 1 aromatic rings. The lowest BCUT2D eigenvalue weighted by molar-refractivity contribution is -0.0672. The van der Waals surface area contributed by atoms with Crippen LogP contribution in [0.5, 0.6) is 5.75 Å². The van der Waals surface area contributed by atoms with Crippen LogP contribution in [0.4, 0.5) is 0 Å². The van der Waals surface area contributed by atoms with E-state index in [9.17, 15) is 0 Å². The Bertz CT molecular complexity index is 433. The number of rotatable bonds is 5. The molecule has 0 amide bonds. The molecule has 21 heavy (non-hydrogen) atoms. The van der Waals surface area contributed by atoms with Gasteiger partial charge in [0, 0.05) is 7.11 Å². The van der Waals surface area contributed by atoms with E-state index in [4.69, 9.17) is 15.2 Å². The molecule has 118 valence electrons. The quantitative estimate of drug-likeness (QED) is 0.889. The van der Waals surface area contributed by atoms with Gasteiger partial charge in [-0.15, -0.1) is 0 Å². The lowest BCUT2D eigenvalue weighted by atomic mass is 9.74. The Kier molecular flexibility index (Phi) is 5.28. The Morgan fingerprint density at radius 1 is 1.14 bits per heavy atom. The lowest BCUT2D eigenvalue weighted by Crippen LogP contribution is -2.45. The molecule has 1 atom stereocenters. The summed E-state index contributed by atoms with van der Waals surface area (Å²) in [6.45, 7) is 6.37. The van der Waals surface area contributed by atoms with Crippen molar-refractivity contribution >= 4 is 0 Å². The van der Waals surface area contributed by atoms with Gasteiger partial charge in [0.25, 0.3) is 0 Å². The maximum absolute atomic E-state index is 6.55. The minimum absolute atomic E-state index is 0.0805. The highest BCUT2D eigenvalue weighted by Gasteiger charge is 2.40. The second kappa shape index (κ2) is 6.80. The van der Waals surface area contributed by atoms with Gasteiger partial charge in [0.2, 0.25) is 0 Å². The number of methoxy groups -OCH3 is 1. The van der Waals surface area contributed by atoms with Gasteiger partial charge in [0.15, 0.2) is 0 Å². The Morgan fingerprint density at radius 3 is 2.19 bits per heavy atom. The molecule has 0 aliphatic heterocycles. The molecular weight excluding hydrogens is 262 g/mol. The molecule has 3 heteroatoms. The van der Waals surface area contributed by atoms with Gasteiger partial charge >= 0.3 is 0 Å². The lowest BCUT2D eigenvalue weighted by Gasteiger charge is -2.42. The summed E-state index contributed by atoms with van der Waals surface area (Å²) in [7, 11) is 1.80. The van der Waals surface area contributed by atoms with Crippen LogP contribution in [0.2, 0.25) is 0 Å². The van der Waals surface area contributed by atoms with Crippen LogP contribution in [0, 0.1) is 5.92 Å². The number of benzene rings is 1. The van der Waals surface area contributed by atoms with E-state index < -0.39 is 0 Å². The molecule has 0 spiro atoms. The highest BCUT2D eigenvalue weighted by Crippen LogP contribution is 2.41. The second-order valence-electron chi connectivity index (χ2n) is 6.66. The van der Waals surface area contributed by atoms with E-state index >= 15 is 0 Å². The minimum atomic E-state index is -0.215. The van der Waals surface area contributed by atoms with E-state index in [0.717, 1.165) is 30.1 Å². The van der Waals surface area contributed by atoms with Crippen molar-refractivity contribution in [3.05, 3.63) is 29.8 Å². The fourth-order valence-corrected chi connectivity index (χ4v) is 3.22. The molecule has 0 radical (unpaired) electrons. The standard InChI is InChI=1S/C18H29NO2/c1-13(2)21-16-7-5-15(6-8-16)17(19)18(20-4)11-9-14(3)10-12-18/h5-8,13-14,17H,9-12,19H2,1-4H3. The van der Waals surface area contributed by atoms with Crippen LogP contribution in [0.25, 0.3) is 0 Å². The summed E-state index contributed by atoms with van der Waals surface area (Å²) < 4.78 is 11.6. The molecule has 1 unspecified atom stereocenters. The zero-order valence-corrected chi connectivity index (χ0v) is 13.8. The molecule has 3 nitrogen and oxygen atoms in total. The Labute approximate surface area is 128 Å². The van der Waals surface area contributed by atoms with Crippen molar-refractivity contribution in [3.63, 3.8) is 0 Å². The van der Waals surface area contributed by atoms with Crippen molar-refractivity contribution in [2.45, 2.75) is 64.2 Å². The van der Waals surface area contributed by atoms with Crippen LogP contribution < -0.4 is 10.5 Å². The molecule has 0 bridgehead atoms. The molecular formula is C18H29NO2. The summed E-state index contributed by atoms with van der Waals surface area (Å²) in [6.07, 6.45) is 4.65. The van der Waals surface area contributed by atoms with E-state index in [2.05, 4.69) is 19.1 Å². The molecule has 1 aromatic carbocycles. The first-order valence-electron chi connectivity index (χ1n) is 8.04. The van der Waals surface area contributed by atoms with Crippen LogP contribution in [0.1, 0.15) is 58.1 Å². The SMILES string of the molecule is COC1(C(N)c2ccc(OC(C)C)cc2)CCC(C)CC1. The Hall–Kier alpha value is -1.06.